The maximum absolute atomic E-state index is 5.38. The van der Waals surface area contributed by atoms with Gasteiger partial charge >= 0.3 is 17.1 Å². The predicted molar refractivity (Wildman–Crippen MR) is 95.9 cm³/mol. The van der Waals surface area contributed by atoms with E-state index in [-0.39, 0.29) is 17.1 Å². The number of methoxy groups -OCH3 is 2. The molecule has 4 heteroatoms. The molecule has 0 unspecified atom stereocenters. The Morgan fingerprint density at radius 1 is 0.680 bits per heavy atom. The minimum atomic E-state index is 0. The molecule has 0 N–H and O–H groups in total. The van der Waals surface area contributed by atoms with Crippen LogP contribution in [0.5, 0.6) is 11.5 Å². The van der Waals surface area contributed by atoms with Gasteiger partial charge in [-0.15, -0.1) is 0 Å². The minimum Gasteiger partial charge on any atom is -0.496 e. The molecule has 2 aliphatic carbocycles. The van der Waals surface area contributed by atoms with Crippen molar-refractivity contribution in [1.29, 1.82) is 0 Å². The van der Waals surface area contributed by atoms with E-state index in [0.717, 1.165) is 34.0 Å². The summed E-state index contributed by atoms with van der Waals surface area (Å²) >= 11 is 0. The second-order valence-electron chi connectivity index (χ2n) is 5.20. The van der Waals surface area contributed by atoms with Crippen LogP contribution >= 0.6 is 0 Å². The van der Waals surface area contributed by atoms with Gasteiger partial charge in [0.05, 0.1) is 14.2 Å². The average molecular weight is 373 g/mol. The first-order chi connectivity index (χ1) is 11.8. The van der Waals surface area contributed by atoms with Crippen molar-refractivity contribution in [3.05, 3.63) is 93.7 Å². The Balaban J connectivity index is 0.000000325. The molecule has 2 saturated carbocycles. The van der Waals surface area contributed by atoms with E-state index in [9.17, 15) is 0 Å². The molecule has 1 heterocycles. The third-order valence-corrected chi connectivity index (χ3v) is 3.73. The van der Waals surface area contributed by atoms with E-state index in [1.807, 2.05) is 82.1 Å². The Bertz CT molecular complexity index is 657. The number of fused-ring (bicyclic) bond motifs is 1. The van der Waals surface area contributed by atoms with E-state index >= 15 is 0 Å². The van der Waals surface area contributed by atoms with Gasteiger partial charge in [-0.25, -0.2) is 4.98 Å². The van der Waals surface area contributed by atoms with Crippen LogP contribution in [-0.4, -0.2) is 19.2 Å². The van der Waals surface area contributed by atoms with E-state index in [2.05, 4.69) is 0 Å². The Morgan fingerprint density at radius 3 is 1.80 bits per heavy atom. The molecule has 0 aliphatic heterocycles. The Hall–Kier alpha value is -1.25. The zero-order valence-electron chi connectivity index (χ0n) is 14.1. The Kier molecular flexibility index (Phi) is 8.05. The molecule has 0 atom stereocenters. The van der Waals surface area contributed by atoms with E-state index in [1.165, 1.54) is 0 Å². The third kappa shape index (κ3) is 4.89. The van der Waals surface area contributed by atoms with Crippen molar-refractivity contribution in [3.8, 4) is 11.5 Å². The first kappa shape index (κ1) is 20.1. The number of hydrogen-bond donors (Lipinski definition) is 0. The predicted octanol–water partition coefficient (Wildman–Crippen LogP) is 4.02. The van der Waals surface area contributed by atoms with Gasteiger partial charge in [0, 0.05) is 17.0 Å². The SMILES string of the molecule is COc1ccc(OC)c2nc([C]3[CH][CH][CH][CH]3)ccc12.[CH]1[CH][CH][CH][CH]1.[Fe+2]. The van der Waals surface area contributed by atoms with Gasteiger partial charge in [-0.05, 0) is 82.1 Å². The van der Waals surface area contributed by atoms with Crippen LogP contribution in [0, 0.1) is 63.7 Å². The zero-order chi connectivity index (χ0) is 16.8. The van der Waals surface area contributed by atoms with Gasteiger partial charge in [-0.3, -0.25) is 0 Å². The number of nitrogens with zero attached hydrogens (tertiary/aromatic N) is 1. The molecule has 10 radical (unpaired) electrons. The summed E-state index contributed by atoms with van der Waals surface area (Å²) in [5, 5.41) is 0.956. The van der Waals surface area contributed by atoms with Crippen molar-refractivity contribution >= 4 is 10.9 Å². The van der Waals surface area contributed by atoms with Crippen LogP contribution < -0.4 is 9.47 Å². The van der Waals surface area contributed by atoms with E-state index in [4.69, 9.17) is 14.5 Å². The van der Waals surface area contributed by atoms with E-state index in [0.29, 0.717) is 0 Å². The summed E-state index contributed by atoms with van der Waals surface area (Å²) in [6.07, 6.45) is 18.1. The van der Waals surface area contributed by atoms with Crippen molar-refractivity contribution in [1.82, 2.24) is 4.98 Å². The summed E-state index contributed by atoms with van der Waals surface area (Å²) in [6.45, 7) is 0. The minimum absolute atomic E-state index is 0. The van der Waals surface area contributed by atoms with Crippen LogP contribution in [-0.2, 0) is 17.1 Å². The molecule has 2 aromatic rings. The first-order valence-corrected chi connectivity index (χ1v) is 7.74. The van der Waals surface area contributed by atoms with Gasteiger partial charge in [0.25, 0.3) is 0 Å². The Morgan fingerprint density at radius 2 is 1.24 bits per heavy atom. The maximum Gasteiger partial charge on any atom is 2.00 e. The fourth-order valence-corrected chi connectivity index (χ4v) is 2.53. The molecule has 4 rings (SSSR count). The largest absolute Gasteiger partial charge is 2.00 e. The molecule has 126 valence electrons. The van der Waals surface area contributed by atoms with Crippen LogP contribution in [0.2, 0.25) is 0 Å². The number of rotatable bonds is 3. The smallest absolute Gasteiger partial charge is 0.496 e. The van der Waals surface area contributed by atoms with Crippen molar-refractivity contribution < 1.29 is 26.5 Å². The van der Waals surface area contributed by atoms with Crippen LogP contribution in [0.4, 0.5) is 0 Å². The summed E-state index contributed by atoms with van der Waals surface area (Å²) in [5.74, 6) is 2.66. The number of pyridine rings is 1. The van der Waals surface area contributed by atoms with Crippen LogP contribution in [0.25, 0.3) is 10.9 Å². The fourth-order valence-electron chi connectivity index (χ4n) is 2.53. The van der Waals surface area contributed by atoms with E-state index in [1.54, 1.807) is 14.2 Å². The summed E-state index contributed by atoms with van der Waals surface area (Å²) in [4.78, 5) is 4.69. The molecule has 1 aromatic carbocycles. The monoisotopic (exact) mass is 373 g/mol. The molecule has 0 spiro atoms. The third-order valence-electron chi connectivity index (χ3n) is 3.73. The van der Waals surface area contributed by atoms with Gasteiger partial charge in [0.1, 0.15) is 17.0 Å². The number of hydrogen-bond acceptors (Lipinski definition) is 3. The standard InChI is InChI=1S/C16H14NO2.C5H5.Fe/c1-18-14-9-10-15(19-2)16-12(14)7-8-13(17-16)11-5-3-4-6-11;1-2-4-5-3-1;/h3-10H,1-2H3;1-5H;/q;;+2. The molecule has 25 heavy (non-hydrogen) atoms. The summed E-state index contributed by atoms with van der Waals surface area (Å²) in [6, 6.07) is 7.79. The first-order valence-electron chi connectivity index (χ1n) is 7.74. The second-order valence-corrected chi connectivity index (χ2v) is 5.20. The van der Waals surface area contributed by atoms with Crippen LogP contribution in [0.3, 0.4) is 0 Å². The second kappa shape index (κ2) is 10.0. The molecule has 0 bridgehead atoms. The van der Waals surface area contributed by atoms with E-state index < -0.39 is 0 Å². The number of ether oxygens (including phenoxy) is 2. The van der Waals surface area contributed by atoms with Crippen molar-refractivity contribution in [2.24, 2.45) is 0 Å². The average Bonchev–Trinajstić information content (AvgIpc) is 3.36. The molecule has 2 aliphatic rings. The molecular weight excluding hydrogens is 354 g/mol. The van der Waals surface area contributed by atoms with Crippen LogP contribution in [0.1, 0.15) is 5.69 Å². The van der Waals surface area contributed by atoms with Gasteiger partial charge in [-0.1, -0.05) is 0 Å². The van der Waals surface area contributed by atoms with Gasteiger partial charge in [0.15, 0.2) is 0 Å². The summed E-state index contributed by atoms with van der Waals surface area (Å²) < 4.78 is 10.7. The van der Waals surface area contributed by atoms with Crippen molar-refractivity contribution in [3.63, 3.8) is 0 Å². The number of aromatic nitrogens is 1. The summed E-state index contributed by atoms with van der Waals surface area (Å²) in [7, 11) is 3.31. The molecular formula is C21H19FeNO2+2. The maximum atomic E-state index is 5.38. The van der Waals surface area contributed by atoms with Gasteiger partial charge in [-0.2, -0.15) is 0 Å². The molecule has 1 aromatic heterocycles. The molecule has 2 fully saturated rings. The summed E-state index contributed by atoms with van der Waals surface area (Å²) in [5.41, 5.74) is 1.75. The van der Waals surface area contributed by atoms with Crippen molar-refractivity contribution in [2.75, 3.05) is 14.2 Å². The van der Waals surface area contributed by atoms with Crippen molar-refractivity contribution in [2.45, 2.75) is 0 Å². The molecule has 0 saturated heterocycles. The number of benzene rings is 1. The normalized spacial score (nSPS) is 16.9. The topological polar surface area (TPSA) is 31.4 Å². The van der Waals surface area contributed by atoms with Crippen LogP contribution in [0.15, 0.2) is 24.3 Å². The zero-order valence-corrected chi connectivity index (χ0v) is 15.2. The quantitative estimate of drug-likeness (QED) is 0.762. The molecule has 3 nitrogen and oxygen atoms in total. The van der Waals surface area contributed by atoms with Gasteiger partial charge in [0.2, 0.25) is 0 Å². The fraction of sp³-hybridized carbons (Fsp3) is 0.0952. The molecule has 0 amide bonds. The Labute approximate surface area is 162 Å². The van der Waals surface area contributed by atoms with Gasteiger partial charge < -0.3 is 9.47 Å².